The quantitative estimate of drug-likeness (QED) is 0.149. The third kappa shape index (κ3) is 7.69. The molecule has 0 saturated carbocycles. The highest BCUT2D eigenvalue weighted by atomic mass is 35.5. The number of nitrogens with zero attached hydrogens (tertiary/aromatic N) is 4. The molecule has 218 valence electrons. The summed E-state index contributed by atoms with van der Waals surface area (Å²) in [6, 6.07) is 7.55. The van der Waals surface area contributed by atoms with Crippen LogP contribution in [0, 0.1) is 6.92 Å². The Hall–Kier alpha value is -3.34. The van der Waals surface area contributed by atoms with Gasteiger partial charge in [-0.1, -0.05) is 43.6 Å². The van der Waals surface area contributed by atoms with E-state index in [2.05, 4.69) is 19.3 Å². The molecular formula is C30H35ClN4O5S. The van der Waals surface area contributed by atoms with Gasteiger partial charge in [0.05, 0.1) is 16.7 Å². The van der Waals surface area contributed by atoms with Crippen molar-refractivity contribution in [1.29, 1.82) is 0 Å². The van der Waals surface area contributed by atoms with Crippen LogP contribution in [-0.2, 0) is 27.3 Å². The van der Waals surface area contributed by atoms with Crippen molar-refractivity contribution in [3.8, 4) is 11.6 Å². The van der Waals surface area contributed by atoms with E-state index >= 15 is 0 Å². The number of halogens is 1. The third-order valence-electron chi connectivity index (χ3n) is 6.55. The molecule has 4 heterocycles. The van der Waals surface area contributed by atoms with Gasteiger partial charge in [-0.05, 0) is 49.9 Å². The summed E-state index contributed by atoms with van der Waals surface area (Å²) < 4.78 is 28.3. The fourth-order valence-corrected chi connectivity index (χ4v) is 5.33. The first-order valence-electron chi connectivity index (χ1n) is 13.9. The Morgan fingerprint density at radius 2 is 1.85 bits per heavy atom. The molecule has 1 fully saturated rings. The Balaban J connectivity index is 0.00000189. The van der Waals surface area contributed by atoms with Gasteiger partial charge in [-0.2, -0.15) is 4.37 Å². The molecule has 4 aromatic rings. The molecule has 1 saturated heterocycles. The number of esters is 1. The molecule has 5 rings (SSSR count). The van der Waals surface area contributed by atoms with Crippen LogP contribution in [-0.4, -0.2) is 51.2 Å². The summed E-state index contributed by atoms with van der Waals surface area (Å²) in [5, 5.41) is 1.10. The van der Waals surface area contributed by atoms with Gasteiger partial charge in [0.15, 0.2) is 0 Å². The smallest absolute Gasteiger partial charge is 0.347 e. The number of para-hydroxylation sites is 1. The van der Waals surface area contributed by atoms with Crippen LogP contribution in [0.25, 0.3) is 10.1 Å². The molecule has 0 amide bonds. The summed E-state index contributed by atoms with van der Waals surface area (Å²) in [6.45, 7) is 9.62. The molecule has 0 spiro atoms. The maximum atomic E-state index is 12.9. The van der Waals surface area contributed by atoms with Crippen LogP contribution in [0.5, 0.6) is 11.6 Å². The predicted octanol–water partition coefficient (Wildman–Crippen LogP) is 6.50. The Bertz CT molecular complexity index is 1430. The summed E-state index contributed by atoms with van der Waals surface area (Å²) in [5.41, 5.74) is 2.40. The first-order chi connectivity index (χ1) is 20.0. The SMILES string of the molecule is CC.CCOC(=O)C(Cc1ccccc1OCc1cnc(C2CCOCC2)nc1)Oc1nsc2cnc(Cl)c(C)c12. The van der Waals surface area contributed by atoms with Crippen molar-refractivity contribution in [3.05, 3.63) is 70.5 Å². The molecule has 0 N–H and O–H groups in total. The molecule has 1 atom stereocenters. The monoisotopic (exact) mass is 598 g/mol. The molecule has 0 aliphatic carbocycles. The Morgan fingerprint density at radius 3 is 2.59 bits per heavy atom. The number of fused-ring (bicyclic) bond motifs is 1. The third-order valence-corrected chi connectivity index (χ3v) is 7.70. The van der Waals surface area contributed by atoms with Gasteiger partial charge in [0.25, 0.3) is 0 Å². The van der Waals surface area contributed by atoms with E-state index in [9.17, 15) is 4.79 Å². The Labute approximate surface area is 249 Å². The van der Waals surface area contributed by atoms with Crippen LogP contribution in [0.2, 0.25) is 5.15 Å². The van der Waals surface area contributed by atoms with E-state index in [1.807, 2.05) is 45.0 Å². The number of aryl methyl sites for hydroxylation is 1. The zero-order valence-electron chi connectivity index (χ0n) is 23.8. The van der Waals surface area contributed by atoms with Crippen LogP contribution in [0.3, 0.4) is 0 Å². The lowest BCUT2D eigenvalue weighted by atomic mass is 9.99. The molecule has 3 aromatic heterocycles. The lowest BCUT2D eigenvalue weighted by Crippen LogP contribution is -2.32. The summed E-state index contributed by atoms with van der Waals surface area (Å²) in [4.78, 5) is 26.2. The minimum Gasteiger partial charge on any atom is -0.489 e. The van der Waals surface area contributed by atoms with Crippen molar-refractivity contribution in [2.75, 3.05) is 19.8 Å². The molecular weight excluding hydrogens is 564 g/mol. The number of pyridine rings is 1. The number of aromatic nitrogens is 4. The van der Waals surface area contributed by atoms with Crippen LogP contribution in [0.15, 0.2) is 42.9 Å². The molecule has 1 aliphatic rings. The van der Waals surface area contributed by atoms with Gasteiger partial charge in [0.1, 0.15) is 23.3 Å². The van der Waals surface area contributed by atoms with Crippen molar-refractivity contribution in [2.24, 2.45) is 0 Å². The number of benzene rings is 1. The predicted molar refractivity (Wildman–Crippen MR) is 159 cm³/mol. The van der Waals surface area contributed by atoms with E-state index in [1.54, 1.807) is 25.5 Å². The molecule has 1 aromatic carbocycles. The summed E-state index contributed by atoms with van der Waals surface area (Å²) in [5.74, 6) is 1.66. The highest BCUT2D eigenvalue weighted by Gasteiger charge is 2.27. The van der Waals surface area contributed by atoms with Gasteiger partial charge >= 0.3 is 5.97 Å². The van der Waals surface area contributed by atoms with Crippen LogP contribution in [0.1, 0.15) is 62.0 Å². The zero-order valence-corrected chi connectivity index (χ0v) is 25.3. The van der Waals surface area contributed by atoms with Crippen molar-refractivity contribution in [3.63, 3.8) is 0 Å². The lowest BCUT2D eigenvalue weighted by Gasteiger charge is -2.20. The normalized spacial score (nSPS) is 14.2. The second kappa shape index (κ2) is 15.0. The largest absolute Gasteiger partial charge is 0.489 e. The van der Waals surface area contributed by atoms with E-state index in [0.29, 0.717) is 22.7 Å². The number of hydrogen-bond donors (Lipinski definition) is 0. The highest BCUT2D eigenvalue weighted by molar-refractivity contribution is 7.13. The fraction of sp³-hybridized carbons (Fsp3) is 0.433. The van der Waals surface area contributed by atoms with Crippen molar-refractivity contribution in [1.82, 2.24) is 19.3 Å². The molecule has 11 heteroatoms. The van der Waals surface area contributed by atoms with E-state index in [-0.39, 0.29) is 19.6 Å². The molecule has 0 radical (unpaired) electrons. The summed E-state index contributed by atoms with van der Waals surface area (Å²) in [6.07, 6.45) is 6.43. The van der Waals surface area contributed by atoms with E-state index in [0.717, 1.165) is 58.7 Å². The van der Waals surface area contributed by atoms with Crippen molar-refractivity contribution in [2.45, 2.75) is 65.6 Å². The fourth-order valence-electron chi connectivity index (χ4n) is 4.44. The van der Waals surface area contributed by atoms with Crippen LogP contribution in [0.4, 0.5) is 0 Å². The molecule has 0 bridgehead atoms. The standard InChI is InChI=1S/C28H29ClN4O5S.C2H6/c1-3-36-28(34)22(38-27-24-17(2)25(29)30-15-23(24)39-33-27)12-20-6-4-5-7-21(20)37-16-18-13-31-26(32-14-18)19-8-10-35-11-9-19;1-2/h4-7,13-15,19,22H,3,8-12,16H2,1-2H3;1-2H3. The van der Waals surface area contributed by atoms with Gasteiger partial charge < -0.3 is 18.9 Å². The average molecular weight is 599 g/mol. The number of ether oxygens (including phenoxy) is 4. The average Bonchev–Trinajstić information content (AvgIpc) is 3.43. The molecule has 1 unspecified atom stereocenters. The second-order valence-electron chi connectivity index (χ2n) is 9.20. The number of carbonyl (C=O) groups is 1. The van der Waals surface area contributed by atoms with Gasteiger partial charge in [-0.3, -0.25) is 0 Å². The highest BCUT2D eigenvalue weighted by Crippen LogP contribution is 2.35. The van der Waals surface area contributed by atoms with Gasteiger partial charge in [-0.15, -0.1) is 0 Å². The van der Waals surface area contributed by atoms with Gasteiger partial charge in [-0.25, -0.2) is 19.7 Å². The van der Waals surface area contributed by atoms with Gasteiger partial charge in [0, 0.05) is 55.3 Å². The van der Waals surface area contributed by atoms with Gasteiger partial charge in [0.2, 0.25) is 12.0 Å². The zero-order chi connectivity index (χ0) is 29.2. The summed E-state index contributed by atoms with van der Waals surface area (Å²) in [7, 11) is 0. The maximum Gasteiger partial charge on any atom is 0.347 e. The first-order valence-corrected chi connectivity index (χ1v) is 15.0. The summed E-state index contributed by atoms with van der Waals surface area (Å²) >= 11 is 7.48. The number of carbonyl (C=O) groups excluding carboxylic acids is 1. The topological polar surface area (TPSA) is 106 Å². The van der Waals surface area contributed by atoms with Crippen LogP contribution < -0.4 is 9.47 Å². The van der Waals surface area contributed by atoms with Crippen LogP contribution >= 0.6 is 23.1 Å². The first kappa shape index (κ1) is 30.6. The lowest BCUT2D eigenvalue weighted by molar-refractivity contribution is -0.151. The van der Waals surface area contributed by atoms with E-state index in [1.165, 1.54) is 11.5 Å². The number of rotatable bonds is 10. The molecule has 1 aliphatic heterocycles. The second-order valence-corrected chi connectivity index (χ2v) is 10.4. The Morgan fingerprint density at radius 1 is 1.12 bits per heavy atom. The Kier molecular flexibility index (Phi) is 11.2. The van der Waals surface area contributed by atoms with E-state index < -0.39 is 12.1 Å². The van der Waals surface area contributed by atoms with Crippen molar-refractivity contribution >= 4 is 39.2 Å². The minimum atomic E-state index is -0.937. The molecule has 41 heavy (non-hydrogen) atoms. The maximum absolute atomic E-state index is 12.9. The van der Waals surface area contributed by atoms with E-state index in [4.69, 9.17) is 30.5 Å². The number of hydrogen-bond acceptors (Lipinski definition) is 10. The molecule has 9 nitrogen and oxygen atoms in total. The minimum absolute atomic E-state index is 0.227. The van der Waals surface area contributed by atoms with Crippen molar-refractivity contribution < 1.29 is 23.7 Å².